The van der Waals surface area contributed by atoms with Gasteiger partial charge in [0.25, 0.3) is 0 Å². The highest BCUT2D eigenvalue weighted by Gasteiger charge is 2.40. The molecule has 1 fully saturated rings. The van der Waals surface area contributed by atoms with E-state index in [1.165, 1.54) is 12.0 Å². The predicted octanol–water partition coefficient (Wildman–Crippen LogP) is 2.09. The van der Waals surface area contributed by atoms with E-state index in [1.54, 1.807) is 20.8 Å². The van der Waals surface area contributed by atoms with Crippen LogP contribution in [0.1, 0.15) is 53.9 Å². The maximum atomic E-state index is 12.9. The smallest absolute Gasteiger partial charge is 0.408 e. The first kappa shape index (κ1) is 20.3. The topological polar surface area (TPSA) is 84.9 Å². The number of amides is 2. The van der Waals surface area contributed by atoms with Crippen molar-refractivity contribution < 1.29 is 23.9 Å². The fourth-order valence-electron chi connectivity index (χ4n) is 2.71. The van der Waals surface area contributed by atoms with Gasteiger partial charge >= 0.3 is 12.1 Å². The molecule has 0 bridgehead atoms. The zero-order chi connectivity index (χ0) is 18.5. The lowest BCUT2D eigenvalue weighted by molar-refractivity contribution is -0.152. The molecule has 7 nitrogen and oxygen atoms in total. The number of alkyl carbamates (subject to hydrolysis) is 1. The lowest BCUT2D eigenvalue weighted by Gasteiger charge is -2.31. The number of carbonyl (C=O) groups is 3. The van der Waals surface area contributed by atoms with Gasteiger partial charge in [-0.05, 0) is 39.5 Å². The average Bonchev–Trinajstić information content (AvgIpc) is 2.98. The Morgan fingerprint density at radius 2 is 1.92 bits per heavy atom. The van der Waals surface area contributed by atoms with Crippen LogP contribution in [-0.2, 0) is 19.1 Å². The highest BCUT2D eigenvalue weighted by Crippen LogP contribution is 2.22. The molecule has 0 aliphatic carbocycles. The van der Waals surface area contributed by atoms with Crippen LogP contribution in [0.15, 0.2) is 0 Å². The summed E-state index contributed by atoms with van der Waals surface area (Å²) in [6, 6.07) is -1.30. The first-order valence-corrected chi connectivity index (χ1v) is 8.48. The van der Waals surface area contributed by atoms with Crippen LogP contribution in [-0.4, -0.2) is 54.2 Å². The molecule has 0 aromatic heterocycles. The Kier molecular flexibility index (Phi) is 7.05. The number of rotatable bonds is 5. The summed E-state index contributed by atoms with van der Waals surface area (Å²) in [5, 5.41) is 2.67. The van der Waals surface area contributed by atoms with E-state index in [0.29, 0.717) is 19.4 Å². The molecule has 0 spiro atoms. The fourth-order valence-corrected chi connectivity index (χ4v) is 2.71. The summed E-state index contributed by atoms with van der Waals surface area (Å²) < 4.78 is 10.0. The Morgan fingerprint density at radius 3 is 2.42 bits per heavy atom. The van der Waals surface area contributed by atoms with Crippen LogP contribution in [0, 0.1) is 5.92 Å². The van der Waals surface area contributed by atoms with Crippen molar-refractivity contribution in [2.45, 2.75) is 71.6 Å². The molecule has 1 rings (SSSR count). The van der Waals surface area contributed by atoms with Gasteiger partial charge in [0.05, 0.1) is 7.11 Å². The van der Waals surface area contributed by atoms with Gasteiger partial charge < -0.3 is 19.7 Å². The number of nitrogens with zero attached hydrogens (tertiary/aromatic N) is 1. The van der Waals surface area contributed by atoms with E-state index in [2.05, 4.69) is 5.32 Å². The Bertz CT molecular complexity index is 472. The minimum Gasteiger partial charge on any atom is -0.467 e. The Labute approximate surface area is 144 Å². The Morgan fingerprint density at radius 1 is 1.29 bits per heavy atom. The van der Waals surface area contributed by atoms with Gasteiger partial charge in [0.15, 0.2) is 0 Å². The van der Waals surface area contributed by atoms with Gasteiger partial charge in [-0.25, -0.2) is 9.59 Å². The van der Waals surface area contributed by atoms with Crippen molar-refractivity contribution in [2.24, 2.45) is 5.92 Å². The van der Waals surface area contributed by atoms with Crippen molar-refractivity contribution in [1.82, 2.24) is 10.2 Å². The van der Waals surface area contributed by atoms with Gasteiger partial charge in [0.2, 0.25) is 5.91 Å². The molecular weight excluding hydrogens is 312 g/mol. The second kappa shape index (κ2) is 8.35. The maximum Gasteiger partial charge on any atom is 0.408 e. The summed E-state index contributed by atoms with van der Waals surface area (Å²) in [7, 11) is 1.31. The monoisotopic (exact) mass is 342 g/mol. The molecule has 1 aliphatic rings. The molecule has 1 aliphatic heterocycles. The first-order valence-electron chi connectivity index (χ1n) is 8.48. The molecule has 0 saturated carbocycles. The van der Waals surface area contributed by atoms with Crippen LogP contribution in [0.5, 0.6) is 0 Å². The molecule has 1 unspecified atom stereocenters. The molecule has 3 atom stereocenters. The number of esters is 1. The van der Waals surface area contributed by atoms with E-state index in [0.717, 1.165) is 6.42 Å². The number of likely N-dealkylation sites (tertiary alicyclic amines) is 1. The van der Waals surface area contributed by atoms with Gasteiger partial charge in [-0.15, -0.1) is 0 Å². The molecule has 0 aromatic rings. The normalized spacial score (nSPS) is 20.2. The average molecular weight is 342 g/mol. The summed E-state index contributed by atoms with van der Waals surface area (Å²) in [5.74, 6) is -0.756. The molecule has 0 aromatic carbocycles. The molecule has 1 heterocycles. The summed E-state index contributed by atoms with van der Waals surface area (Å²) >= 11 is 0. The second-order valence-electron chi connectivity index (χ2n) is 7.22. The fraction of sp³-hybridized carbons (Fsp3) is 0.824. The van der Waals surface area contributed by atoms with Crippen LogP contribution >= 0.6 is 0 Å². The summed E-state index contributed by atoms with van der Waals surface area (Å²) in [4.78, 5) is 38.4. The van der Waals surface area contributed by atoms with E-state index in [4.69, 9.17) is 9.47 Å². The number of carbonyl (C=O) groups excluding carboxylic acids is 3. The van der Waals surface area contributed by atoms with E-state index in [1.807, 2.05) is 13.8 Å². The van der Waals surface area contributed by atoms with Crippen LogP contribution in [0.3, 0.4) is 0 Å². The standard InChI is InChI=1S/C17H30N2O5/c1-7-11(2)13(18-16(22)24-17(3,4)5)14(20)19-10-8-9-12(19)15(21)23-6/h11-13H,7-10H2,1-6H3,(H,18,22)/t11?,12-,13-/m0/s1. The summed E-state index contributed by atoms with van der Waals surface area (Å²) in [6.45, 7) is 9.62. The van der Waals surface area contributed by atoms with Crippen molar-refractivity contribution >= 4 is 18.0 Å². The van der Waals surface area contributed by atoms with Crippen LogP contribution in [0.25, 0.3) is 0 Å². The summed E-state index contributed by atoms with van der Waals surface area (Å²) in [6.07, 6.45) is 1.40. The largest absolute Gasteiger partial charge is 0.467 e. The minimum absolute atomic E-state index is 0.0797. The van der Waals surface area contributed by atoms with Gasteiger partial charge in [-0.3, -0.25) is 4.79 Å². The highest BCUT2D eigenvalue weighted by molar-refractivity contribution is 5.90. The van der Waals surface area contributed by atoms with Gasteiger partial charge in [0, 0.05) is 6.54 Å². The Hall–Kier alpha value is -1.79. The second-order valence-corrected chi connectivity index (χ2v) is 7.22. The molecule has 7 heteroatoms. The zero-order valence-corrected chi connectivity index (χ0v) is 15.5. The van der Waals surface area contributed by atoms with Crippen molar-refractivity contribution in [1.29, 1.82) is 0 Å². The molecule has 1 saturated heterocycles. The molecule has 0 radical (unpaired) electrons. The van der Waals surface area contributed by atoms with Crippen molar-refractivity contribution in [3.8, 4) is 0 Å². The summed E-state index contributed by atoms with van der Waals surface area (Å²) in [5.41, 5.74) is -0.644. The number of hydrogen-bond donors (Lipinski definition) is 1. The predicted molar refractivity (Wildman–Crippen MR) is 89.4 cm³/mol. The zero-order valence-electron chi connectivity index (χ0n) is 15.5. The number of hydrogen-bond acceptors (Lipinski definition) is 5. The quantitative estimate of drug-likeness (QED) is 0.773. The lowest BCUT2D eigenvalue weighted by Crippen LogP contribution is -2.54. The van der Waals surface area contributed by atoms with E-state index >= 15 is 0 Å². The van der Waals surface area contributed by atoms with Crippen molar-refractivity contribution in [3.05, 3.63) is 0 Å². The SMILES string of the molecule is CCC(C)[C@H](NC(=O)OC(C)(C)C)C(=O)N1CCC[C@H]1C(=O)OC. The molecule has 2 amide bonds. The van der Waals surface area contributed by atoms with E-state index in [-0.39, 0.29) is 11.8 Å². The van der Waals surface area contributed by atoms with E-state index in [9.17, 15) is 14.4 Å². The van der Waals surface area contributed by atoms with Crippen molar-refractivity contribution in [2.75, 3.05) is 13.7 Å². The first-order chi connectivity index (χ1) is 11.1. The number of nitrogens with one attached hydrogen (secondary N) is 1. The van der Waals surface area contributed by atoms with Crippen LogP contribution in [0.2, 0.25) is 0 Å². The number of ether oxygens (including phenoxy) is 2. The lowest BCUT2D eigenvalue weighted by atomic mass is 9.97. The van der Waals surface area contributed by atoms with Crippen LogP contribution in [0.4, 0.5) is 4.79 Å². The third-order valence-corrected chi connectivity index (χ3v) is 4.16. The molecule has 24 heavy (non-hydrogen) atoms. The third kappa shape index (κ3) is 5.39. The minimum atomic E-state index is -0.727. The van der Waals surface area contributed by atoms with Gasteiger partial charge in [0.1, 0.15) is 17.7 Å². The number of methoxy groups -OCH3 is 1. The van der Waals surface area contributed by atoms with E-state index < -0.39 is 29.7 Å². The Balaban J connectivity index is 2.89. The third-order valence-electron chi connectivity index (χ3n) is 4.16. The molecular formula is C17H30N2O5. The van der Waals surface area contributed by atoms with Crippen molar-refractivity contribution in [3.63, 3.8) is 0 Å². The van der Waals surface area contributed by atoms with Crippen LogP contribution < -0.4 is 5.32 Å². The molecule has 138 valence electrons. The van der Waals surface area contributed by atoms with Gasteiger partial charge in [-0.1, -0.05) is 20.3 Å². The van der Waals surface area contributed by atoms with Gasteiger partial charge in [-0.2, -0.15) is 0 Å². The highest BCUT2D eigenvalue weighted by atomic mass is 16.6. The maximum absolute atomic E-state index is 12.9. The molecule has 1 N–H and O–H groups in total.